The van der Waals surface area contributed by atoms with Crippen LogP contribution in [0.4, 0.5) is 5.69 Å². The summed E-state index contributed by atoms with van der Waals surface area (Å²) in [5, 5.41) is 13.8. The molecule has 0 saturated heterocycles. The molecule has 1 amide bonds. The number of hydrogen-bond acceptors (Lipinski definition) is 3. The molecule has 0 aliphatic rings. The molecule has 0 fully saturated rings. The molecule has 130 valence electrons. The van der Waals surface area contributed by atoms with E-state index in [0.717, 1.165) is 29.6 Å². The van der Waals surface area contributed by atoms with Crippen molar-refractivity contribution in [3.8, 4) is 5.75 Å². The van der Waals surface area contributed by atoms with Gasteiger partial charge >= 0.3 is 0 Å². The van der Waals surface area contributed by atoms with E-state index in [1.165, 1.54) is 6.07 Å². The van der Waals surface area contributed by atoms with Gasteiger partial charge in [-0.3, -0.25) is 4.79 Å². The lowest BCUT2D eigenvalue weighted by atomic mass is 10.1. The average molecular weight is 337 g/mol. The fourth-order valence-electron chi connectivity index (χ4n) is 2.81. The van der Waals surface area contributed by atoms with Crippen LogP contribution in [0.2, 0.25) is 0 Å². The Labute approximate surface area is 147 Å². The lowest BCUT2D eigenvalue weighted by Crippen LogP contribution is -2.17. The zero-order valence-electron chi connectivity index (χ0n) is 14.8. The Morgan fingerprint density at radius 2 is 1.96 bits per heavy atom. The number of phenolic OH excluding ortho intramolecular Hbond substituents is 1. The smallest absolute Gasteiger partial charge is 0.259 e. The number of fused-ring (bicyclic) bond motifs is 1. The molecule has 0 bridgehead atoms. The van der Waals surface area contributed by atoms with Gasteiger partial charge in [0.25, 0.3) is 5.91 Å². The molecule has 3 rings (SSSR count). The number of carbonyl (C=O) groups is 1. The van der Waals surface area contributed by atoms with Crippen molar-refractivity contribution in [3.05, 3.63) is 59.8 Å². The highest BCUT2D eigenvalue weighted by molar-refractivity contribution is 6.07. The van der Waals surface area contributed by atoms with Crippen molar-refractivity contribution < 1.29 is 9.90 Å². The predicted molar refractivity (Wildman–Crippen MR) is 101 cm³/mol. The van der Waals surface area contributed by atoms with Gasteiger partial charge in [-0.2, -0.15) is 0 Å². The summed E-state index contributed by atoms with van der Waals surface area (Å²) in [6.45, 7) is 3.77. The van der Waals surface area contributed by atoms with Crippen LogP contribution in [-0.2, 0) is 6.54 Å². The molecule has 5 nitrogen and oxygen atoms in total. The van der Waals surface area contributed by atoms with Crippen LogP contribution >= 0.6 is 0 Å². The van der Waals surface area contributed by atoms with Crippen molar-refractivity contribution in [2.45, 2.75) is 13.5 Å². The summed E-state index contributed by atoms with van der Waals surface area (Å²) in [7, 11) is 4.11. The Bertz CT molecular complexity index is 912. The predicted octanol–water partition coefficient (Wildman–Crippen LogP) is 3.47. The van der Waals surface area contributed by atoms with E-state index in [9.17, 15) is 9.90 Å². The lowest BCUT2D eigenvalue weighted by Gasteiger charge is -2.12. The molecule has 1 heterocycles. The molecule has 0 atom stereocenters. The van der Waals surface area contributed by atoms with Crippen LogP contribution in [-0.4, -0.2) is 41.1 Å². The maximum absolute atomic E-state index is 12.4. The number of aromatic hydroxyl groups is 1. The van der Waals surface area contributed by atoms with Crippen molar-refractivity contribution in [1.82, 2.24) is 9.47 Å². The highest BCUT2D eigenvalue weighted by Crippen LogP contribution is 2.23. The normalized spacial score (nSPS) is 11.2. The van der Waals surface area contributed by atoms with E-state index in [4.69, 9.17) is 0 Å². The fourth-order valence-corrected chi connectivity index (χ4v) is 2.81. The van der Waals surface area contributed by atoms with Crippen LogP contribution < -0.4 is 5.32 Å². The van der Waals surface area contributed by atoms with Gasteiger partial charge < -0.3 is 19.9 Å². The number of likely N-dealkylation sites (N-methyl/N-ethyl adjacent to an activating group) is 1. The van der Waals surface area contributed by atoms with Crippen molar-refractivity contribution in [2.75, 3.05) is 26.0 Å². The molecule has 25 heavy (non-hydrogen) atoms. The Kier molecular flexibility index (Phi) is 4.76. The van der Waals surface area contributed by atoms with E-state index < -0.39 is 0 Å². The minimum Gasteiger partial charge on any atom is -0.507 e. The molecule has 0 spiro atoms. The number of aromatic nitrogens is 1. The first kappa shape index (κ1) is 17.0. The van der Waals surface area contributed by atoms with E-state index in [-0.39, 0.29) is 17.2 Å². The number of hydrogen-bond donors (Lipinski definition) is 2. The molecule has 2 aromatic carbocycles. The zero-order valence-corrected chi connectivity index (χ0v) is 14.8. The molecule has 0 aliphatic heterocycles. The van der Waals surface area contributed by atoms with Crippen molar-refractivity contribution >= 4 is 22.5 Å². The Balaban J connectivity index is 1.80. The molecule has 0 saturated carbocycles. The second-order valence-corrected chi connectivity index (χ2v) is 6.56. The number of carbonyl (C=O) groups excluding carboxylic acids is 1. The third-order valence-electron chi connectivity index (χ3n) is 4.21. The molecule has 0 unspecified atom stereocenters. The fraction of sp³-hybridized carbons (Fsp3) is 0.250. The standard InChI is InChI=1S/C20H23N3O2/c1-14-4-7-19(24)17(12-14)20(25)21-16-5-6-18-15(13-16)8-9-23(18)11-10-22(2)3/h4-9,12-13,24H,10-11H2,1-3H3,(H,21,25). The van der Waals surface area contributed by atoms with Crippen molar-refractivity contribution in [3.63, 3.8) is 0 Å². The Hall–Kier alpha value is -2.79. The molecular weight excluding hydrogens is 314 g/mol. The van der Waals surface area contributed by atoms with E-state index in [1.54, 1.807) is 12.1 Å². The maximum Gasteiger partial charge on any atom is 0.259 e. The summed E-state index contributed by atoms with van der Waals surface area (Å²) in [5.41, 5.74) is 3.06. The van der Waals surface area contributed by atoms with E-state index in [1.807, 2.05) is 31.2 Å². The Morgan fingerprint density at radius 3 is 2.72 bits per heavy atom. The van der Waals surface area contributed by atoms with Gasteiger partial charge in [0, 0.05) is 35.9 Å². The summed E-state index contributed by atoms with van der Waals surface area (Å²) in [6, 6.07) is 12.9. The number of nitrogens with zero attached hydrogens (tertiary/aromatic N) is 2. The summed E-state index contributed by atoms with van der Waals surface area (Å²) >= 11 is 0. The summed E-state index contributed by atoms with van der Waals surface area (Å²) in [6.07, 6.45) is 2.06. The van der Waals surface area contributed by atoms with Gasteiger partial charge in [-0.1, -0.05) is 11.6 Å². The summed E-state index contributed by atoms with van der Waals surface area (Å²) in [5.74, 6) is -0.327. The van der Waals surface area contributed by atoms with Crippen LogP contribution in [0.15, 0.2) is 48.7 Å². The third-order valence-corrected chi connectivity index (χ3v) is 4.21. The van der Waals surface area contributed by atoms with Crippen molar-refractivity contribution in [2.24, 2.45) is 0 Å². The van der Waals surface area contributed by atoms with Crippen LogP contribution in [0.5, 0.6) is 5.75 Å². The second kappa shape index (κ2) is 6.99. The van der Waals surface area contributed by atoms with Gasteiger partial charge in [0.15, 0.2) is 0 Å². The largest absolute Gasteiger partial charge is 0.507 e. The molecule has 5 heteroatoms. The Morgan fingerprint density at radius 1 is 1.16 bits per heavy atom. The van der Waals surface area contributed by atoms with Gasteiger partial charge in [-0.25, -0.2) is 0 Å². The number of aryl methyl sites for hydroxylation is 1. The van der Waals surface area contributed by atoms with Crippen LogP contribution in [0.1, 0.15) is 15.9 Å². The van der Waals surface area contributed by atoms with Gasteiger partial charge in [-0.15, -0.1) is 0 Å². The topological polar surface area (TPSA) is 57.5 Å². The van der Waals surface area contributed by atoms with Gasteiger partial charge in [0.1, 0.15) is 5.75 Å². The number of benzene rings is 2. The first-order valence-electron chi connectivity index (χ1n) is 8.28. The summed E-state index contributed by atoms with van der Waals surface area (Å²) < 4.78 is 2.20. The molecule has 0 aliphatic carbocycles. The number of rotatable bonds is 5. The van der Waals surface area contributed by atoms with E-state index in [2.05, 4.69) is 35.1 Å². The molecule has 1 aromatic heterocycles. The van der Waals surface area contributed by atoms with Gasteiger partial charge in [0.05, 0.1) is 5.56 Å². The second-order valence-electron chi connectivity index (χ2n) is 6.56. The number of anilines is 1. The molecular formula is C20H23N3O2. The maximum atomic E-state index is 12.4. The third kappa shape index (κ3) is 3.83. The minimum atomic E-state index is -0.312. The number of amides is 1. The number of phenols is 1. The summed E-state index contributed by atoms with van der Waals surface area (Å²) in [4.78, 5) is 14.6. The minimum absolute atomic E-state index is 0.0148. The van der Waals surface area contributed by atoms with Crippen LogP contribution in [0.3, 0.4) is 0 Å². The highest BCUT2D eigenvalue weighted by Gasteiger charge is 2.12. The van der Waals surface area contributed by atoms with Crippen LogP contribution in [0.25, 0.3) is 10.9 Å². The van der Waals surface area contributed by atoms with Gasteiger partial charge in [-0.05, 0) is 57.4 Å². The lowest BCUT2D eigenvalue weighted by molar-refractivity contribution is 0.102. The monoisotopic (exact) mass is 337 g/mol. The molecule has 2 N–H and O–H groups in total. The highest BCUT2D eigenvalue weighted by atomic mass is 16.3. The van der Waals surface area contributed by atoms with E-state index >= 15 is 0 Å². The first-order valence-corrected chi connectivity index (χ1v) is 8.28. The van der Waals surface area contributed by atoms with Crippen molar-refractivity contribution in [1.29, 1.82) is 0 Å². The molecule has 0 radical (unpaired) electrons. The van der Waals surface area contributed by atoms with Crippen LogP contribution in [0, 0.1) is 6.92 Å². The van der Waals surface area contributed by atoms with Gasteiger partial charge in [0.2, 0.25) is 0 Å². The molecule has 3 aromatic rings. The van der Waals surface area contributed by atoms with E-state index in [0.29, 0.717) is 5.69 Å². The first-order chi connectivity index (χ1) is 11.9. The zero-order chi connectivity index (χ0) is 18.0. The average Bonchev–Trinajstić information content (AvgIpc) is 2.97. The SMILES string of the molecule is Cc1ccc(O)c(C(=O)Nc2ccc3c(ccn3CCN(C)C)c2)c1. The number of nitrogens with one attached hydrogen (secondary N) is 1. The quantitative estimate of drug-likeness (QED) is 0.749.